The van der Waals surface area contributed by atoms with Crippen LogP contribution in [0.2, 0.25) is 0 Å². The molecule has 1 atom stereocenters. The normalized spacial score (nSPS) is 20.9. The molecule has 0 aliphatic carbocycles. The summed E-state index contributed by atoms with van der Waals surface area (Å²) < 4.78 is 11.1. The van der Waals surface area contributed by atoms with Crippen LogP contribution < -0.4 is 5.73 Å². The molecule has 5 heteroatoms. The molecule has 1 aliphatic rings. The fourth-order valence-corrected chi connectivity index (χ4v) is 3.44. The van der Waals surface area contributed by atoms with Crippen molar-refractivity contribution in [1.29, 1.82) is 0 Å². The van der Waals surface area contributed by atoms with Gasteiger partial charge in [-0.3, -0.25) is 0 Å². The first kappa shape index (κ1) is 13.9. The maximum atomic E-state index is 6.37. The first-order valence-electron chi connectivity index (χ1n) is 6.39. The topological polar surface area (TPSA) is 57.4 Å². The summed E-state index contributed by atoms with van der Waals surface area (Å²) in [6, 6.07) is -0.0173. The van der Waals surface area contributed by atoms with Crippen molar-refractivity contribution in [2.75, 3.05) is 20.3 Å². The van der Waals surface area contributed by atoms with Gasteiger partial charge in [-0.05, 0) is 13.8 Å². The van der Waals surface area contributed by atoms with Crippen LogP contribution in [0.15, 0.2) is 0 Å². The number of nitrogens with zero attached hydrogens (tertiary/aromatic N) is 1. The Kier molecular flexibility index (Phi) is 4.37. The lowest BCUT2D eigenvalue weighted by Crippen LogP contribution is -2.53. The Morgan fingerprint density at radius 2 is 2.11 bits per heavy atom. The molecule has 0 saturated carbocycles. The van der Waals surface area contributed by atoms with Crippen LogP contribution in [0.3, 0.4) is 0 Å². The number of ether oxygens (including phenoxy) is 2. The van der Waals surface area contributed by atoms with Gasteiger partial charge in [-0.25, -0.2) is 4.98 Å². The van der Waals surface area contributed by atoms with Gasteiger partial charge in [0, 0.05) is 50.5 Å². The van der Waals surface area contributed by atoms with E-state index in [4.69, 9.17) is 15.2 Å². The Morgan fingerprint density at radius 1 is 1.44 bits per heavy atom. The number of rotatable bonds is 4. The van der Waals surface area contributed by atoms with Gasteiger partial charge in [0.05, 0.1) is 16.3 Å². The van der Waals surface area contributed by atoms with Crippen molar-refractivity contribution in [2.24, 2.45) is 5.73 Å². The first-order valence-corrected chi connectivity index (χ1v) is 7.20. The zero-order valence-electron chi connectivity index (χ0n) is 11.4. The predicted octanol–water partition coefficient (Wildman–Crippen LogP) is 1.83. The zero-order valence-corrected chi connectivity index (χ0v) is 12.2. The second-order valence-corrected chi connectivity index (χ2v) is 6.23. The summed E-state index contributed by atoms with van der Waals surface area (Å²) in [5.41, 5.74) is 7.24. The molecule has 2 N–H and O–H groups in total. The molecular weight excluding hydrogens is 248 g/mol. The van der Waals surface area contributed by atoms with Gasteiger partial charge in [-0.2, -0.15) is 0 Å². The average Bonchev–Trinajstić information content (AvgIpc) is 2.69. The van der Waals surface area contributed by atoms with Gasteiger partial charge < -0.3 is 15.2 Å². The van der Waals surface area contributed by atoms with Gasteiger partial charge in [-0.1, -0.05) is 0 Å². The molecule has 1 unspecified atom stereocenters. The summed E-state index contributed by atoms with van der Waals surface area (Å²) in [6.07, 6.45) is 2.52. The maximum absolute atomic E-state index is 6.37. The van der Waals surface area contributed by atoms with Crippen molar-refractivity contribution in [3.05, 3.63) is 15.6 Å². The molecule has 0 radical (unpaired) electrons. The molecule has 18 heavy (non-hydrogen) atoms. The van der Waals surface area contributed by atoms with Crippen molar-refractivity contribution in [3.8, 4) is 0 Å². The third-order valence-electron chi connectivity index (χ3n) is 3.89. The molecule has 1 aromatic heterocycles. The van der Waals surface area contributed by atoms with E-state index in [1.54, 1.807) is 18.4 Å². The molecule has 0 bridgehead atoms. The third-order valence-corrected chi connectivity index (χ3v) is 4.98. The van der Waals surface area contributed by atoms with E-state index in [0.29, 0.717) is 0 Å². The second kappa shape index (κ2) is 5.65. The van der Waals surface area contributed by atoms with Gasteiger partial charge >= 0.3 is 0 Å². The van der Waals surface area contributed by atoms with Crippen molar-refractivity contribution in [2.45, 2.75) is 44.8 Å². The lowest BCUT2D eigenvalue weighted by molar-refractivity contribution is -0.103. The van der Waals surface area contributed by atoms with Crippen molar-refractivity contribution < 1.29 is 9.47 Å². The minimum absolute atomic E-state index is 0.0173. The van der Waals surface area contributed by atoms with Crippen LogP contribution >= 0.6 is 11.3 Å². The van der Waals surface area contributed by atoms with Crippen LogP contribution in [-0.2, 0) is 15.9 Å². The molecule has 4 nitrogen and oxygen atoms in total. The van der Waals surface area contributed by atoms with E-state index in [9.17, 15) is 0 Å². The van der Waals surface area contributed by atoms with Gasteiger partial charge in [0.1, 0.15) is 0 Å². The van der Waals surface area contributed by atoms with Crippen LogP contribution in [-0.4, -0.2) is 37.0 Å². The monoisotopic (exact) mass is 270 g/mol. The van der Waals surface area contributed by atoms with E-state index in [2.05, 4.69) is 11.9 Å². The van der Waals surface area contributed by atoms with Gasteiger partial charge in [-0.15, -0.1) is 11.3 Å². The van der Waals surface area contributed by atoms with Crippen molar-refractivity contribution >= 4 is 11.3 Å². The lowest BCUT2D eigenvalue weighted by atomic mass is 9.85. The highest BCUT2D eigenvalue weighted by Crippen LogP contribution is 2.30. The highest BCUT2D eigenvalue weighted by atomic mass is 32.1. The Labute approximate surface area is 113 Å². The summed E-state index contributed by atoms with van der Waals surface area (Å²) in [5, 5.41) is 1.11. The van der Waals surface area contributed by atoms with Crippen LogP contribution in [0.1, 0.15) is 28.4 Å². The maximum Gasteiger partial charge on any atom is 0.0947 e. The summed E-state index contributed by atoms with van der Waals surface area (Å²) in [7, 11) is 1.75. The molecule has 1 aromatic rings. The van der Waals surface area contributed by atoms with E-state index in [1.807, 2.05) is 6.92 Å². The van der Waals surface area contributed by atoms with E-state index in [-0.39, 0.29) is 11.6 Å². The number of hydrogen-bond donors (Lipinski definition) is 1. The molecule has 0 spiro atoms. The van der Waals surface area contributed by atoms with Crippen LogP contribution in [0.25, 0.3) is 0 Å². The zero-order chi connectivity index (χ0) is 13.2. The van der Waals surface area contributed by atoms with E-state index in [0.717, 1.165) is 43.2 Å². The molecule has 2 rings (SSSR count). The quantitative estimate of drug-likeness (QED) is 0.907. The number of methoxy groups -OCH3 is 1. The van der Waals surface area contributed by atoms with E-state index >= 15 is 0 Å². The summed E-state index contributed by atoms with van der Waals surface area (Å²) >= 11 is 1.74. The van der Waals surface area contributed by atoms with E-state index < -0.39 is 0 Å². The summed E-state index contributed by atoms with van der Waals surface area (Å²) in [6.45, 7) is 5.61. The number of aromatic nitrogens is 1. The second-order valence-electron chi connectivity index (χ2n) is 4.94. The molecule has 102 valence electrons. The van der Waals surface area contributed by atoms with Crippen molar-refractivity contribution in [1.82, 2.24) is 4.98 Å². The van der Waals surface area contributed by atoms with Gasteiger partial charge in [0.15, 0.2) is 0 Å². The molecule has 1 aliphatic heterocycles. The Bertz CT molecular complexity index is 380. The Hall–Kier alpha value is -0.490. The van der Waals surface area contributed by atoms with Gasteiger partial charge in [0.25, 0.3) is 0 Å². The van der Waals surface area contributed by atoms with Crippen LogP contribution in [0.5, 0.6) is 0 Å². The number of nitrogens with two attached hydrogens (primary N) is 1. The highest BCUT2D eigenvalue weighted by Gasteiger charge is 2.39. The number of thiazole rings is 1. The molecule has 2 heterocycles. The van der Waals surface area contributed by atoms with E-state index in [1.165, 1.54) is 4.88 Å². The van der Waals surface area contributed by atoms with Crippen LogP contribution in [0.4, 0.5) is 0 Å². The fourth-order valence-electron chi connectivity index (χ4n) is 2.44. The third kappa shape index (κ3) is 2.74. The minimum atomic E-state index is -0.244. The Balaban J connectivity index is 2.07. The molecule has 0 aromatic carbocycles. The fraction of sp³-hybridized carbons (Fsp3) is 0.769. The summed E-state index contributed by atoms with van der Waals surface area (Å²) in [5.74, 6) is 0. The molecular formula is C13H22N2O2S. The Morgan fingerprint density at radius 3 is 2.61 bits per heavy atom. The largest absolute Gasteiger partial charge is 0.381 e. The van der Waals surface area contributed by atoms with Crippen molar-refractivity contribution in [3.63, 3.8) is 0 Å². The van der Waals surface area contributed by atoms with Gasteiger partial charge in [0.2, 0.25) is 0 Å². The predicted molar refractivity (Wildman–Crippen MR) is 73.1 cm³/mol. The molecule has 1 fully saturated rings. The first-order chi connectivity index (χ1) is 8.57. The standard InChI is InChI=1S/C13H22N2O2S/c1-9-10(2)18-12(15-9)8-11(14)13(16-3)4-6-17-7-5-13/h11H,4-8,14H2,1-3H3. The number of aryl methyl sites for hydroxylation is 2. The average molecular weight is 270 g/mol. The lowest BCUT2D eigenvalue weighted by Gasteiger charge is -2.40. The summed E-state index contributed by atoms with van der Waals surface area (Å²) in [4.78, 5) is 5.84. The molecule has 0 amide bonds. The molecule has 1 saturated heterocycles. The minimum Gasteiger partial charge on any atom is -0.381 e. The smallest absolute Gasteiger partial charge is 0.0947 e. The highest BCUT2D eigenvalue weighted by molar-refractivity contribution is 7.11. The number of hydrogen-bond acceptors (Lipinski definition) is 5. The SMILES string of the molecule is COC1(C(N)Cc2nc(C)c(C)s2)CCOCC1. The van der Waals surface area contributed by atoms with Crippen LogP contribution in [0, 0.1) is 13.8 Å².